The van der Waals surface area contributed by atoms with Crippen LogP contribution in [-0.4, -0.2) is 23.5 Å². The van der Waals surface area contributed by atoms with Crippen molar-refractivity contribution in [2.75, 3.05) is 6.61 Å². The lowest BCUT2D eigenvalue weighted by Gasteiger charge is -2.07. The van der Waals surface area contributed by atoms with E-state index in [1.54, 1.807) is 25.1 Å². The summed E-state index contributed by atoms with van der Waals surface area (Å²) in [4.78, 5) is 34.3. The van der Waals surface area contributed by atoms with Crippen molar-refractivity contribution in [3.05, 3.63) is 39.4 Å². The predicted octanol–water partition coefficient (Wildman–Crippen LogP) is 6.58. The van der Waals surface area contributed by atoms with Gasteiger partial charge in [0.15, 0.2) is 0 Å². The third-order valence-corrected chi connectivity index (χ3v) is 5.42. The lowest BCUT2D eigenvalue weighted by molar-refractivity contribution is -0.386. The average Bonchev–Trinajstić information content (AvgIpc) is 2.75. The van der Waals surface area contributed by atoms with Crippen molar-refractivity contribution in [1.82, 2.24) is 0 Å². The Labute approximate surface area is 192 Å². The molecule has 0 aliphatic rings. The summed E-state index contributed by atoms with van der Waals surface area (Å²) < 4.78 is 10.3. The molecule has 0 aliphatic carbocycles. The smallest absolute Gasteiger partial charge is 0.306 e. The second kappa shape index (κ2) is 17.2. The summed E-state index contributed by atoms with van der Waals surface area (Å²) in [5.74, 6) is -0.786. The van der Waals surface area contributed by atoms with Crippen molar-refractivity contribution >= 4 is 17.6 Å². The molecule has 0 amide bonds. The van der Waals surface area contributed by atoms with Gasteiger partial charge in [-0.25, -0.2) is 0 Å². The Bertz CT molecular complexity index is 704. The molecule has 32 heavy (non-hydrogen) atoms. The highest BCUT2D eigenvalue weighted by Crippen LogP contribution is 2.23. The Morgan fingerprint density at radius 1 is 0.844 bits per heavy atom. The van der Waals surface area contributed by atoms with Crippen molar-refractivity contribution in [2.24, 2.45) is 0 Å². The molecule has 0 radical (unpaired) electrons. The van der Waals surface area contributed by atoms with Gasteiger partial charge in [0.2, 0.25) is 0 Å². The largest absolute Gasteiger partial charge is 0.466 e. The monoisotopic (exact) mass is 449 g/mol. The molecule has 0 saturated carbocycles. The lowest BCUT2D eigenvalue weighted by Crippen LogP contribution is -2.09. The zero-order valence-electron chi connectivity index (χ0n) is 19.7. The normalized spacial score (nSPS) is 10.7. The molecule has 0 spiro atoms. The summed E-state index contributed by atoms with van der Waals surface area (Å²) in [5, 5.41) is 11.2. The number of nitro groups is 1. The summed E-state index contributed by atoms with van der Waals surface area (Å²) in [7, 11) is 0. The number of hydrogen-bond acceptors (Lipinski definition) is 6. The van der Waals surface area contributed by atoms with Crippen LogP contribution in [0.15, 0.2) is 18.2 Å². The number of unbranched alkanes of at least 4 members (excludes halogenated alkanes) is 9. The van der Waals surface area contributed by atoms with E-state index in [0.717, 1.165) is 12.8 Å². The topological polar surface area (TPSA) is 95.7 Å². The second-order valence-corrected chi connectivity index (χ2v) is 8.26. The number of para-hydroxylation sites is 1. The summed E-state index contributed by atoms with van der Waals surface area (Å²) in [6, 6.07) is 4.91. The second-order valence-electron chi connectivity index (χ2n) is 8.26. The zero-order chi connectivity index (χ0) is 23.6. The van der Waals surface area contributed by atoms with Gasteiger partial charge in [-0.1, -0.05) is 76.8 Å². The molecular weight excluding hydrogens is 410 g/mol. The van der Waals surface area contributed by atoms with E-state index in [2.05, 4.69) is 6.92 Å². The van der Waals surface area contributed by atoms with Gasteiger partial charge >= 0.3 is 11.9 Å². The van der Waals surface area contributed by atoms with E-state index < -0.39 is 10.9 Å². The van der Waals surface area contributed by atoms with Gasteiger partial charge in [0, 0.05) is 18.4 Å². The molecule has 0 bridgehead atoms. The number of carbonyl (C=O) groups is 2. The van der Waals surface area contributed by atoms with E-state index >= 15 is 0 Å². The minimum atomic E-state index is -0.483. The molecule has 0 aromatic heterocycles. The molecule has 0 aliphatic heterocycles. The van der Waals surface area contributed by atoms with Gasteiger partial charge < -0.3 is 9.47 Å². The van der Waals surface area contributed by atoms with Crippen LogP contribution in [0.25, 0.3) is 0 Å². The van der Waals surface area contributed by atoms with Gasteiger partial charge in [-0.2, -0.15) is 0 Å². The maximum Gasteiger partial charge on any atom is 0.306 e. The maximum absolute atomic E-state index is 11.9. The Morgan fingerprint density at radius 2 is 1.41 bits per heavy atom. The fourth-order valence-corrected chi connectivity index (χ4v) is 3.55. The standard InChI is InChI=1S/C25H39NO6/c1-3-4-5-6-7-8-9-10-11-12-19-31-23(27)17-14-18-24(28)32-20-22-16-13-15-21(2)25(22)26(29)30/h13,15-16H,3-12,14,17-20H2,1-2H3. The minimum absolute atomic E-state index is 0.0316. The van der Waals surface area contributed by atoms with E-state index in [-0.39, 0.29) is 31.1 Å². The van der Waals surface area contributed by atoms with Crippen molar-refractivity contribution < 1.29 is 24.0 Å². The fourth-order valence-electron chi connectivity index (χ4n) is 3.55. The number of nitro benzene ring substituents is 1. The Hall–Kier alpha value is -2.44. The maximum atomic E-state index is 11.9. The van der Waals surface area contributed by atoms with Gasteiger partial charge in [0.25, 0.3) is 5.69 Å². The first-order valence-corrected chi connectivity index (χ1v) is 12.0. The van der Waals surface area contributed by atoms with Crippen LogP contribution in [0.4, 0.5) is 5.69 Å². The van der Waals surface area contributed by atoms with E-state index in [1.807, 2.05) is 0 Å². The first-order chi connectivity index (χ1) is 15.5. The van der Waals surface area contributed by atoms with Crippen LogP contribution in [0, 0.1) is 17.0 Å². The van der Waals surface area contributed by atoms with Crippen LogP contribution < -0.4 is 0 Å². The van der Waals surface area contributed by atoms with Crippen molar-refractivity contribution in [3.63, 3.8) is 0 Å². The number of esters is 2. The third-order valence-electron chi connectivity index (χ3n) is 5.42. The molecule has 0 unspecified atom stereocenters. The van der Waals surface area contributed by atoms with Gasteiger partial charge in [0.1, 0.15) is 6.61 Å². The van der Waals surface area contributed by atoms with Crippen LogP contribution in [0.5, 0.6) is 0 Å². The van der Waals surface area contributed by atoms with E-state index in [9.17, 15) is 19.7 Å². The predicted molar refractivity (Wildman–Crippen MR) is 124 cm³/mol. The quantitative estimate of drug-likeness (QED) is 0.109. The molecule has 1 aromatic rings. The lowest BCUT2D eigenvalue weighted by atomic mass is 10.1. The molecule has 1 aromatic carbocycles. The molecule has 0 heterocycles. The zero-order valence-corrected chi connectivity index (χ0v) is 19.7. The van der Waals surface area contributed by atoms with Crippen LogP contribution in [0.3, 0.4) is 0 Å². The minimum Gasteiger partial charge on any atom is -0.466 e. The molecule has 0 atom stereocenters. The van der Waals surface area contributed by atoms with E-state index in [0.29, 0.717) is 24.2 Å². The highest BCUT2D eigenvalue weighted by Gasteiger charge is 2.18. The molecule has 0 saturated heterocycles. The van der Waals surface area contributed by atoms with E-state index in [4.69, 9.17) is 9.47 Å². The SMILES string of the molecule is CCCCCCCCCCCCOC(=O)CCCC(=O)OCc1cccc(C)c1[N+](=O)[O-]. The van der Waals surface area contributed by atoms with Crippen LogP contribution in [0.2, 0.25) is 0 Å². The summed E-state index contributed by atoms with van der Waals surface area (Å²) in [6.07, 6.45) is 12.9. The fraction of sp³-hybridized carbons (Fsp3) is 0.680. The summed E-state index contributed by atoms with van der Waals surface area (Å²) in [5.41, 5.74) is 0.851. The van der Waals surface area contributed by atoms with E-state index in [1.165, 1.54) is 51.4 Å². The number of rotatable bonds is 18. The molecule has 7 nitrogen and oxygen atoms in total. The highest BCUT2D eigenvalue weighted by atomic mass is 16.6. The van der Waals surface area contributed by atoms with Crippen LogP contribution in [0.1, 0.15) is 102 Å². The van der Waals surface area contributed by atoms with Gasteiger partial charge in [-0.15, -0.1) is 0 Å². The van der Waals surface area contributed by atoms with Gasteiger partial charge in [0.05, 0.1) is 17.1 Å². The number of ether oxygens (including phenoxy) is 2. The first-order valence-electron chi connectivity index (χ1n) is 12.0. The van der Waals surface area contributed by atoms with Crippen LogP contribution in [-0.2, 0) is 25.7 Å². The summed E-state index contributed by atoms with van der Waals surface area (Å²) in [6.45, 7) is 4.15. The molecule has 0 N–H and O–H groups in total. The summed E-state index contributed by atoms with van der Waals surface area (Å²) >= 11 is 0. The first kappa shape index (κ1) is 27.6. The Morgan fingerprint density at radius 3 is 2.00 bits per heavy atom. The van der Waals surface area contributed by atoms with Crippen molar-refractivity contribution in [1.29, 1.82) is 0 Å². The Balaban J connectivity index is 2.05. The number of benzene rings is 1. The molecular formula is C25H39NO6. The number of aryl methyl sites for hydroxylation is 1. The number of carbonyl (C=O) groups excluding carboxylic acids is 2. The average molecular weight is 450 g/mol. The third kappa shape index (κ3) is 12.4. The Kier molecular flexibility index (Phi) is 14.8. The molecule has 0 fully saturated rings. The number of nitrogens with zero attached hydrogens (tertiary/aromatic N) is 1. The highest BCUT2D eigenvalue weighted by molar-refractivity contribution is 5.72. The molecule has 180 valence electrons. The van der Waals surface area contributed by atoms with Gasteiger partial charge in [-0.3, -0.25) is 19.7 Å². The van der Waals surface area contributed by atoms with Gasteiger partial charge in [-0.05, 0) is 25.8 Å². The number of hydrogen-bond donors (Lipinski definition) is 0. The molecule has 1 rings (SSSR count). The van der Waals surface area contributed by atoms with Crippen molar-refractivity contribution in [3.8, 4) is 0 Å². The molecule has 7 heteroatoms. The van der Waals surface area contributed by atoms with Crippen molar-refractivity contribution in [2.45, 2.75) is 104 Å². The van der Waals surface area contributed by atoms with Crippen LogP contribution >= 0.6 is 0 Å².